The zero-order valence-corrected chi connectivity index (χ0v) is 20.5. The maximum Gasteiger partial charge on any atom is 0.350 e. The van der Waals surface area contributed by atoms with Crippen LogP contribution in [-0.2, 0) is 20.8 Å². The summed E-state index contributed by atoms with van der Waals surface area (Å²) in [4.78, 5) is 44.9. The third kappa shape index (κ3) is 5.93. The predicted molar refractivity (Wildman–Crippen MR) is 134 cm³/mol. The number of thiazole rings is 1. The molecular formula is C26H27N3O5S. The predicted octanol–water partition coefficient (Wildman–Crippen LogP) is 4.59. The molecule has 2 aromatic carbocycles. The molecule has 0 bridgehead atoms. The van der Waals surface area contributed by atoms with Gasteiger partial charge in [-0.15, -0.1) is 0 Å². The van der Waals surface area contributed by atoms with Crippen molar-refractivity contribution in [1.82, 2.24) is 4.98 Å². The third-order valence-corrected chi connectivity index (χ3v) is 6.67. The van der Waals surface area contributed by atoms with E-state index in [0.717, 1.165) is 23.3 Å². The van der Waals surface area contributed by atoms with Crippen molar-refractivity contribution in [3.8, 4) is 0 Å². The molecule has 2 heterocycles. The van der Waals surface area contributed by atoms with Crippen LogP contribution in [0.25, 0.3) is 0 Å². The van der Waals surface area contributed by atoms with Gasteiger partial charge in [-0.3, -0.25) is 14.5 Å². The van der Waals surface area contributed by atoms with Gasteiger partial charge in [-0.1, -0.05) is 47.7 Å². The van der Waals surface area contributed by atoms with E-state index in [0.29, 0.717) is 40.0 Å². The van der Waals surface area contributed by atoms with Gasteiger partial charge < -0.3 is 14.8 Å². The highest BCUT2D eigenvalue weighted by atomic mass is 32.1. The van der Waals surface area contributed by atoms with Gasteiger partial charge in [0.2, 0.25) is 0 Å². The zero-order valence-electron chi connectivity index (χ0n) is 19.7. The second-order valence-electron chi connectivity index (χ2n) is 8.08. The molecule has 0 radical (unpaired) electrons. The number of nitrogens with one attached hydrogen (secondary N) is 1. The molecule has 1 N–H and O–H groups in total. The molecule has 8 nitrogen and oxygen atoms in total. The van der Waals surface area contributed by atoms with E-state index in [9.17, 15) is 14.4 Å². The van der Waals surface area contributed by atoms with E-state index in [1.54, 1.807) is 38.1 Å². The van der Waals surface area contributed by atoms with E-state index in [1.165, 1.54) is 4.90 Å². The summed E-state index contributed by atoms with van der Waals surface area (Å²) in [7, 11) is 0. The summed E-state index contributed by atoms with van der Waals surface area (Å²) in [6.45, 7) is 4.56. The number of amides is 2. The minimum Gasteiger partial charge on any atom is -0.462 e. The van der Waals surface area contributed by atoms with E-state index in [1.807, 2.05) is 30.3 Å². The van der Waals surface area contributed by atoms with Crippen molar-refractivity contribution in [3.63, 3.8) is 0 Å². The van der Waals surface area contributed by atoms with Crippen LogP contribution in [0.5, 0.6) is 0 Å². The molecule has 182 valence electrons. The molecule has 3 aromatic rings. The first-order valence-electron chi connectivity index (χ1n) is 11.5. The topological polar surface area (TPSA) is 97.8 Å². The quantitative estimate of drug-likeness (QED) is 0.461. The Morgan fingerprint density at radius 1 is 1.17 bits per heavy atom. The van der Waals surface area contributed by atoms with E-state index in [4.69, 9.17) is 9.47 Å². The summed E-state index contributed by atoms with van der Waals surface area (Å²) >= 11 is 1.12. The highest BCUT2D eigenvalue weighted by Crippen LogP contribution is 2.30. The van der Waals surface area contributed by atoms with Crippen molar-refractivity contribution >= 4 is 39.9 Å². The normalized spacial score (nSPS) is 15.0. The molecule has 1 unspecified atom stereocenters. The van der Waals surface area contributed by atoms with E-state index in [-0.39, 0.29) is 25.0 Å². The molecule has 0 saturated carbocycles. The Hall–Kier alpha value is -3.56. The molecule has 1 aromatic heterocycles. The number of nitrogens with zero attached hydrogens (tertiary/aromatic N) is 2. The third-order valence-electron chi connectivity index (χ3n) is 5.50. The molecule has 35 heavy (non-hydrogen) atoms. The summed E-state index contributed by atoms with van der Waals surface area (Å²) in [5.74, 6) is -0.978. The van der Waals surface area contributed by atoms with Gasteiger partial charge in [-0.05, 0) is 50.5 Å². The number of rotatable bonds is 8. The number of carbonyl (C=O) groups is 3. The summed E-state index contributed by atoms with van der Waals surface area (Å²) in [6, 6.07) is 16.3. The Bertz CT molecular complexity index is 1200. The van der Waals surface area contributed by atoms with Crippen molar-refractivity contribution in [3.05, 3.63) is 76.3 Å². The fourth-order valence-corrected chi connectivity index (χ4v) is 4.73. The number of hydrogen-bond donors (Lipinski definition) is 1. The van der Waals surface area contributed by atoms with Crippen LogP contribution < -0.4 is 10.2 Å². The first kappa shape index (κ1) is 24.6. The van der Waals surface area contributed by atoms with Gasteiger partial charge in [0.1, 0.15) is 11.0 Å². The highest BCUT2D eigenvalue weighted by molar-refractivity contribution is 7.17. The Morgan fingerprint density at radius 3 is 2.69 bits per heavy atom. The van der Waals surface area contributed by atoms with Gasteiger partial charge >= 0.3 is 5.97 Å². The summed E-state index contributed by atoms with van der Waals surface area (Å²) < 4.78 is 10.6. The summed E-state index contributed by atoms with van der Waals surface area (Å²) in [5, 5.41) is 3.24. The lowest BCUT2D eigenvalue weighted by Gasteiger charge is -2.21. The largest absolute Gasteiger partial charge is 0.462 e. The summed E-state index contributed by atoms with van der Waals surface area (Å²) in [6.07, 6.45) is 1.07. The van der Waals surface area contributed by atoms with E-state index < -0.39 is 12.1 Å². The van der Waals surface area contributed by atoms with Crippen LogP contribution in [0.2, 0.25) is 0 Å². The van der Waals surface area contributed by atoms with Gasteiger partial charge in [0.25, 0.3) is 11.8 Å². The zero-order chi connectivity index (χ0) is 24.8. The number of aromatic nitrogens is 1. The number of benzene rings is 2. The molecule has 1 fully saturated rings. The van der Waals surface area contributed by atoms with Crippen LogP contribution >= 0.6 is 11.3 Å². The van der Waals surface area contributed by atoms with Crippen LogP contribution in [0.15, 0.2) is 54.6 Å². The number of hydrogen-bond acceptors (Lipinski definition) is 7. The average Bonchev–Trinajstić information content (AvgIpc) is 3.53. The first-order valence-corrected chi connectivity index (χ1v) is 12.3. The fraction of sp³-hybridized carbons (Fsp3) is 0.308. The van der Waals surface area contributed by atoms with Crippen LogP contribution in [0.1, 0.15) is 51.1 Å². The smallest absolute Gasteiger partial charge is 0.350 e. The molecule has 1 atom stereocenters. The van der Waals surface area contributed by atoms with Gasteiger partial charge in [0, 0.05) is 17.9 Å². The lowest BCUT2D eigenvalue weighted by atomic mass is 10.1. The van der Waals surface area contributed by atoms with Crippen molar-refractivity contribution in [2.75, 3.05) is 23.4 Å². The van der Waals surface area contributed by atoms with Crippen LogP contribution in [0, 0.1) is 6.92 Å². The molecule has 2 amide bonds. The minimum atomic E-state index is -0.469. The molecule has 9 heteroatoms. The first-order chi connectivity index (χ1) is 17.0. The average molecular weight is 494 g/mol. The van der Waals surface area contributed by atoms with Gasteiger partial charge in [-0.25, -0.2) is 9.78 Å². The fourth-order valence-electron chi connectivity index (χ4n) is 3.77. The van der Waals surface area contributed by atoms with Crippen molar-refractivity contribution in [2.45, 2.75) is 39.3 Å². The molecule has 1 aliphatic heterocycles. The Balaban J connectivity index is 1.62. The van der Waals surface area contributed by atoms with E-state index >= 15 is 0 Å². The Kier molecular flexibility index (Phi) is 7.89. The Labute approximate surface area is 207 Å². The van der Waals surface area contributed by atoms with Gasteiger partial charge in [0.05, 0.1) is 18.8 Å². The highest BCUT2D eigenvalue weighted by Gasteiger charge is 2.26. The molecular weight excluding hydrogens is 466 g/mol. The summed E-state index contributed by atoms with van der Waals surface area (Å²) in [5.41, 5.74) is 2.32. The van der Waals surface area contributed by atoms with Crippen LogP contribution in [0.3, 0.4) is 0 Å². The van der Waals surface area contributed by atoms with Crippen molar-refractivity contribution in [1.29, 1.82) is 0 Å². The second kappa shape index (κ2) is 11.2. The second-order valence-corrected chi connectivity index (χ2v) is 9.06. The van der Waals surface area contributed by atoms with E-state index in [2.05, 4.69) is 10.3 Å². The standard InChI is InChI=1S/C26H27N3O5S/c1-3-33-25(32)22-17(2)27-26(35-22)29(16-18-9-5-4-6-10-18)24(31)19-11-7-12-20(15-19)28-23(30)21-13-8-14-34-21/h4-7,9-12,15,21H,3,8,13-14,16H2,1-2H3,(H,28,30). The maximum atomic E-state index is 13.7. The van der Waals surface area contributed by atoms with Crippen molar-refractivity contribution in [2.24, 2.45) is 0 Å². The maximum absolute atomic E-state index is 13.7. The molecule has 4 rings (SSSR count). The molecule has 0 spiro atoms. The van der Waals surface area contributed by atoms with Crippen LogP contribution in [-0.4, -0.2) is 42.1 Å². The minimum absolute atomic E-state index is 0.220. The van der Waals surface area contributed by atoms with Gasteiger partial charge in [0.15, 0.2) is 5.13 Å². The van der Waals surface area contributed by atoms with Crippen LogP contribution in [0.4, 0.5) is 10.8 Å². The molecule has 1 saturated heterocycles. The number of carbonyl (C=O) groups excluding carboxylic acids is 3. The van der Waals surface area contributed by atoms with Gasteiger partial charge in [-0.2, -0.15) is 0 Å². The number of ether oxygens (including phenoxy) is 2. The SMILES string of the molecule is CCOC(=O)c1sc(N(Cc2ccccc2)C(=O)c2cccc(NC(=O)C3CCCO3)c2)nc1C. The number of esters is 1. The number of anilines is 2. The monoisotopic (exact) mass is 493 g/mol. The van der Waals surface area contributed by atoms with Crippen molar-refractivity contribution < 1.29 is 23.9 Å². The Morgan fingerprint density at radius 2 is 1.97 bits per heavy atom. The lowest BCUT2D eigenvalue weighted by molar-refractivity contribution is -0.124. The molecule has 1 aliphatic rings. The molecule has 0 aliphatic carbocycles. The lowest BCUT2D eigenvalue weighted by Crippen LogP contribution is -2.31. The number of aryl methyl sites for hydroxylation is 1.